The molecule has 1 aromatic carbocycles. The minimum Gasteiger partial charge on any atom is -0.456 e. The first-order chi connectivity index (χ1) is 15.4. The maximum absolute atomic E-state index is 13.5. The molecule has 0 radical (unpaired) electrons. The van der Waals surface area contributed by atoms with Crippen molar-refractivity contribution in [2.75, 3.05) is 11.9 Å². The molecule has 0 aliphatic carbocycles. The van der Waals surface area contributed by atoms with Crippen molar-refractivity contribution in [3.05, 3.63) is 59.1 Å². The van der Waals surface area contributed by atoms with Crippen molar-refractivity contribution < 1.29 is 31.2 Å². The minimum atomic E-state index is -4.86. The molecule has 0 aliphatic heterocycles. The van der Waals surface area contributed by atoms with Crippen LogP contribution in [0, 0.1) is 24.5 Å². The lowest BCUT2D eigenvalue weighted by molar-refractivity contribution is -0.153. The van der Waals surface area contributed by atoms with Crippen LogP contribution in [0.5, 0.6) is 0 Å². The van der Waals surface area contributed by atoms with Crippen LogP contribution in [0.4, 0.5) is 27.8 Å². The fourth-order valence-electron chi connectivity index (χ4n) is 2.82. The monoisotopic (exact) mass is 469 g/mol. The van der Waals surface area contributed by atoms with Gasteiger partial charge in [-0.1, -0.05) is 13.8 Å². The van der Waals surface area contributed by atoms with Crippen LogP contribution in [0.25, 0.3) is 11.3 Å². The number of aliphatic imine (C=N–C) groups is 1. The second kappa shape index (κ2) is 9.43. The number of nitrogens with one attached hydrogen (secondary N) is 3. The fraction of sp³-hybridized carbons (Fsp3) is 0.286. The largest absolute Gasteiger partial charge is 0.456 e. The molecular weight excluding hydrogens is 449 g/mol. The molecular formula is C21H20F5N5O2. The zero-order valence-corrected chi connectivity index (χ0v) is 17.8. The molecule has 12 heteroatoms. The summed E-state index contributed by atoms with van der Waals surface area (Å²) in [5, 5.41) is 11.5. The first-order valence-corrected chi connectivity index (χ1v) is 9.74. The lowest BCUT2D eigenvalue weighted by atomic mass is 10.1. The molecule has 3 rings (SSSR count). The summed E-state index contributed by atoms with van der Waals surface area (Å²) in [7, 11) is 0. The quantitative estimate of drug-likeness (QED) is 0.274. The first kappa shape index (κ1) is 24.0. The van der Waals surface area contributed by atoms with Gasteiger partial charge in [-0.15, -0.1) is 0 Å². The van der Waals surface area contributed by atoms with E-state index in [0.717, 1.165) is 24.3 Å². The van der Waals surface area contributed by atoms with Gasteiger partial charge in [0.15, 0.2) is 5.82 Å². The summed E-state index contributed by atoms with van der Waals surface area (Å²) in [5.41, 5.74) is -0.256. The molecule has 1 amide bonds. The molecule has 7 nitrogen and oxygen atoms in total. The highest BCUT2D eigenvalue weighted by atomic mass is 19.4. The van der Waals surface area contributed by atoms with E-state index in [9.17, 15) is 26.7 Å². The molecule has 3 aromatic rings. The van der Waals surface area contributed by atoms with E-state index >= 15 is 0 Å². The summed E-state index contributed by atoms with van der Waals surface area (Å²) < 4.78 is 71.2. The number of aromatic amines is 1. The Morgan fingerprint density at radius 1 is 1.15 bits per heavy atom. The SMILES string of the molecule is Cc1cc(C(=O)NC(=NCC(C)C)Nc2cc(-c3cc(F)cc(F)c3)[nH]n2)c(C(F)(F)F)o1. The van der Waals surface area contributed by atoms with Crippen LogP contribution < -0.4 is 10.6 Å². The van der Waals surface area contributed by atoms with Crippen LogP contribution in [0.15, 0.2) is 39.7 Å². The Balaban J connectivity index is 1.84. The predicted molar refractivity (Wildman–Crippen MR) is 111 cm³/mol. The third-order valence-electron chi connectivity index (χ3n) is 4.20. The molecule has 0 atom stereocenters. The van der Waals surface area contributed by atoms with E-state index in [1.807, 2.05) is 13.8 Å². The summed E-state index contributed by atoms with van der Waals surface area (Å²) in [6.45, 7) is 5.24. The predicted octanol–water partition coefficient (Wildman–Crippen LogP) is 5.13. The van der Waals surface area contributed by atoms with E-state index in [4.69, 9.17) is 0 Å². The molecule has 33 heavy (non-hydrogen) atoms. The number of hydrogen-bond donors (Lipinski definition) is 3. The highest BCUT2D eigenvalue weighted by Crippen LogP contribution is 2.34. The van der Waals surface area contributed by atoms with Crippen molar-refractivity contribution in [3.63, 3.8) is 0 Å². The van der Waals surface area contributed by atoms with E-state index in [2.05, 4.69) is 30.2 Å². The number of nitrogens with zero attached hydrogens (tertiary/aromatic N) is 2. The Morgan fingerprint density at radius 2 is 1.82 bits per heavy atom. The maximum atomic E-state index is 13.5. The van der Waals surface area contributed by atoms with Crippen LogP contribution in [-0.4, -0.2) is 28.6 Å². The summed E-state index contributed by atoms with van der Waals surface area (Å²) in [4.78, 5) is 16.7. The average molecular weight is 469 g/mol. The van der Waals surface area contributed by atoms with Crippen molar-refractivity contribution in [1.29, 1.82) is 0 Å². The summed E-state index contributed by atoms with van der Waals surface area (Å²) in [6.07, 6.45) is -4.86. The van der Waals surface area contributed by atoms with Gasteiger partial charge in [-0.2, -0.15) is 18.3 Å². The van der Waals surface area contributed by atoms with Crippen LogP contribution in [-0.2, 0) is 6.18 Å². The third-order valence-corrected chi connectivity index (χ3v) is 4.20. The summed E-state index contributed by atoms with van der Waals surface area (Å²) >= 11 is 0. The number of rotatable bonds is 5. The van der Waals surface area contributed by atoms with Crippen LogP contribution in [0.2, 0.25) is 0 Å². The normalized spacial score (nSPS) is 12.3. The molecule has 0 saturated carbocycles. The number of anilines is 1. The number of carbonyl (C=O) groups is 1. The molecule has 0 fully saturated rings. The Hall–Kier alpha value is -3.70. The van der Waals surface area contributed by atoms with Gasteiger partial charge in [-0.3, -0.25) is 20.2 Å². The van der Waals surface area contributed by atoms with Gasteiger partial charge in [0.2, 0.25) is 11.7 Å². The lowest BCUT2D eigenvalue weighted by Gasteiger charge is -2.11. The summed E-state index contributed by atoms with van der Waals surface area (Å²) in [5.74, 6) is -4.13. The summed E-state index contributed by atoms with van der Waals surface area (Å²) in [6, 6.07) is 5.28. The van der Waals surface area contributed by atoms with Gasteiger partial charge < -0.3 is 9.73 Å². The highest BCUT2D eigenvalue weighted by Gasteiger charge is 2.40. The number of aryl methyl sites for hydroxylation is 1. The molecule has 0 aliphatic rings. The second-order valence-corrected chi connectivity index (χ2v) is 7.58. The number of carbonyl (C=O) groups excluding carboxylic acids is 1. The topological polar surface area (TPSA) is 95.3 Å². The van der Waals surface area contributed by atoms with Crippen molar-refractivity contribution in [2.45, 2.75) is 26.9 Å². The number of guanidine groups is 1. The fourth-order valence-corrected chi connectivity index (χ4v) is 2.82. The van der Waals surface area contributed by atoms with Gasteiger partial charge in [-0.25, -0.2) is 8.78 Å². The molecule has 0 unspecified atom stereocenters. The van der Waals surface area contributed by atoms with Crippen molar-refractivity contribution in [3.8, 4) is 11.3 Å². The number of aromatic nitrogens is 2. The Morgan fingerprint density at radius 3 is 2.42 bits per heavy atom. The third kappa shape index (κ3) is 6.18. The van der Waals surface area contributed by atoms with Gasteiger partial charge in [0.1, 0.15) is 17.4 Å². The van der Waals surface area contributed by atoms with Crippen LogP contribution in [0.3, 0.4) is 0 Å². The second-order valence-electron chi connectivity index (χ2n) is 7.58. The number of H-pyrrole nitrogens is 1. The van der Waals surface area contributed by atoms with Crippen molar-refractivity contribution in [1.82, 2.24) is 15.5 Å². The molecule has 0 bridgehead atoms. The number of hydrogen-bond acceptors (Lipinski definition) is 4. The Kier molecular flexibility index (Phi) is 6.84. The van der Waals surface area contributed by atoms with E-state index in [0.29, 0.717) is 0 Å². The Labute approximate surface area is 185 Å². The lowest BCUT2D eigenvalue weighted by Crippen LogP contribution is -2.37. The zero-order valence-electron chi connectivity index (χ0n) is 17.8. The van der Waals surface area contributed by atoms with Gasteiger partial charge in [0, 0.05) is 24.2 Å². The number of benzene rings is 1. The first-order valence-electron chi connectivity index (χ1n) is 9.74. The Bertz CT molecular complexity index is 1160. The molecule has 176 valence electrons. The molecule has 3 N–H and O–H groups in total. The van der Waals surface area contributed by atoms with Gasteiger partial charge in [-0.05, 0) is 31.0 Å². The minimum absolute atomic E-state index is 0.0746. The van der Waals surface area contributed by atoms with E-state index in [1.54, 1.807) is 0 Å². The van der Waals surface area contributed by atoms with Crippen molar-refractivity contribution >= 4 is 17.7 Å². The number of alkyl halides is 3. The smallest absolute Gasteiger partial charge is 0.450 e. The van der Waals surface area contributed by atoms with E-state index in [-0.39, 0.29) is 41.3 Å². The highest BCUT2D eigenvalue weighted by molar-refractivity contribution is 6.10. The number of halogens is 5. The molecule has 2 heterocycles. The van der Waals surface area contributed by atoms with Crippen LogP contribution >= 0.6 is 0 Å². The van der Waals surface area contributed by atoms with Gasteiger partial charge in [0.05, 0.1) is 11.3 Å². The molecule has 0 spiro atoms. The molecule has 0 saturated heterocycles. The average Bonchev–Trinajstić information content (AvgIpc) is 3.32. The van der Waals surface area contributed by atoms with Crippen molar-refractivity contribution in [2.24, 2.45) is 10.9 Å². The standard InChI is InChI=1S/C21H20F5N5O2/c1-10(2)9-27-20(29-19(32)15-4-11(3)33-18(15)21(24,25)26)28-17-8-16(30-31-17)12-5-13(22)7-14(23)6-12/h4-8,10H,9H2,1-3H3,(H3,27,28,29,30,31,32). The van der Waals surface area contributed by atoms with E-state index in [1.165, 1.54) is 13.0 Å². The van der Waals surface area contributed by atoms with Gasteiger partial charge in [0.25, 0.3) is 5.91 Å². The zero-order chi connectivity index (χ0) is 24.3. The van der Waals surface area contributed by atoms with E-state index < -0.39 is 35.0 Å². The number of furan rings is 1. The molecule has 2 aromatic heterocycles. The van der Waals surface area contributed by atoms with Crippen LogP contribution in [0.1, 0.15) is 35.7 Å². The maximum Gasteiger partial charge on any atom is 0.450 e. The number of amides is 1. The van der Waals surface area contributed by atoms with Gasteiger partial charge >= 0.3 is 6.18 Å².